The second-order valence-corrected chi connectivity index (χ2v) is 6.89. The fourth-order valence-electron chi connectivity index (χ4n) is 3.84. The van der Waals surface area contributed by atoms with Crippen molar-refractivity contribution in [2.45, 2.75) is 32.6 Å². The Morgan fingerprint density at radius 2 is 1.42 bits per heavy atom. The monoisotopic (exact) mass is 352 g/mol. The highest BCUT2D eigenvalue weighted by Crippen LogP contribution is 2.38. The zero-order valence-corrected chi connectivity index (χ0v) is 14.6. The van der Waals surface area contributed by atoms with Gasteiger partial charge in [-0.25, -0.2) is 13.2 Å². The van der Waals surface area contributed by atoms with Gasteiger partial charge in [0.15, 0.2) is 0 Å². The zero-order chi connectivity index (χ0) is 18.3. The maximum absolute atomic E-state index is 14.8. The van der Waals surface area contributed by atoms with Crippen LogP contribution in [0.1, 0.15) is 30.0 Å². The van der Waals surface area contributed by atoms with Crippen LogP contribution in [0.3, 0.4) is 0 Å². The summed E-state index contributed by atoms with van der Waals surface area (Å²) >= 11 is 0. The average Bonchev–Trinajstić information content (AvgIpc) is 2.60. The van der Waals surface area contributed by atoms with E-state index in [0.29, 0.717) is 0 Å². The van der Waals surface area contributed by atoms with Crippen LogP contribution in [0.25, 0.3) is 22.3 Å². The first kappa shape index (κ1) is 16.9. The highest BCUT2D eigenvalue weighted by molar-refractivity contribution is 5.78. The second kappa shape index (κ2) is 6.64. The lowest BCUT2D eigenvalue weighted by atomic mass is 9.83. The van der Waals surface area contributed by atoms with E-state index in [9.17, 15) is 13.2 Å². The highest BCUT2D eigenvalue weighted by atomic mass is 19.1. The van der Waals surface area contributed by atoms with Crippen molar-refractivity contribution in [1.82, 2.24) is 0 Å². The summed E-state index contributed by atoms with van der Waals surface area (Å²) < 4.78 is 41.8. The van der Waals surface area contributed by atoms with Crippen molar-refractivity contribution in [1.29, 1.82) is 0 Å². The van der Waals surface area contributed by atoms with Gasteiger partial charge in [-0.3, -0.25) is 0 Å². The van der Waals surface area contributed by atoms with Gasteiger partial charge in [0.1, 0.15) is 17.5 Å². The van der Waals surface area contributed by atoms with Crippen molar-refractivity contribution < 1.29 is 13.2 Å². The first-order chi connectivity index (χ1) is 12.5. The molecule has 1 aliphatic carbocycles. The smallest absolute Gasteiger partial charge is 0.131 e. The molecular formula is C23H19F3. The summed E-state index contributed by atoms with van der Waals surface area (Å²) in [5.74, 6) is -1.86. The van der Waals surface area contributed by atoms with Crippen LogP contribution in [-0.2, 0) is 19.3 Å². The van der Waals surface area contributed by atoms with Crippen LogP contribution in [0, 0.1) is 17.5 Å². The maximum atomic E-state index is 14.8. The molecule has 0 amide bonds. The SMILES string of the molecule is CCCc1ccc2c(c1)CCc1cc(-c3cc(F)cc(F)c3)c(F)cc1-2. The van der Waals surface area contributed by atoms with Crippen LogP contribution in [-0.4, -0.2) is 0 Å². The Balaban J connectivity index is 1.81. The third kappa shape index (κ3) is 3.03. The molecule has 0 nitrogen and oxygen atoms in total. The molecule has 0 bridgehead atoms. The van der Waals surface area contributed by atoms with Crippen LogP contribution in [0.2, 0.25) is 0 Å². The van der Waals surface area contributed by atoms with E-state index in [1.807, 2.05) is 0 Å². The Kier molecular flexibility index (Phi) is 4.31. The first-order valence-electron chi connectivity index (χ1n) is 8.96. The molecule has 4 rings (SSSR count). The minimum absolute atomic E-state index is 0.229. The van der Waals surface area contributed by atoms with Gasteiger partial charge in [0.05, 0.1) is 0 Å². The van der Waals surface area contributed by atoms with E-state index in [-0.39, 0.29) is 11.1 Å². The number of hydrogen-bond donors (Lipinski definition) is 0. The van der Waals surface area contributed by atoms with Crippen molar-refractivity contribution in [2.75, 3.05) is 0 Å². The first-order valence-corrected chi connectivity index (χ1v) is 8.96. The van der Waals surface area contributed by atoms with Crippen molar-refractivity contribution in [3.8, 4) is 22.3 Å². The molecule has 0 N–H and O–H groups in total. The van der Waals surface area contributed by atoms with Gasteiger partial charge in [0.2, 0.25) is 0 Å². The van der Waals surface area contributed by atoms with Crippen LogP contribution < -0.4 is 0 Å². The molecule has 0 unspecified atom stereocenters. The second-order valence-electron chi connectivity index (χ2n) is 6.89. The lowest BCUT2D eigenvalue weighted by molar-refractivity contribution is 0.583. The third-order valence-electron chi connectivity index (χ3n) is 5.03. The molecular weight excluding hydrogens is 333 g/mol. The van der Waals surface area contributed by atoms with Gasteiger partial charge >= 0.3 is 0 Å². The molecule has 0 saturated heterocycles. The summed E-state index contributed by atoms with van der Waals surface area (Å²) in [4.78, 5) is 0. The number of rotatable bonds is 3. The Labute approximate surface area is 151 Å². The van der Waals surface area contributed by atoms with E-state index in [0.717, 1.165) is 48.4 Å². The Morgan fingerprint density at radius 1 is 0.731 bits per heavy atom. The lowest BCUT2D eigenvalue weighted by Gasteiger charge is -2.22. The molecule has 0 saturated carbocycles. The Morgan fingerprint density at radius 3 is 2.12 bits per heavy atom. The van der Waals surface area contributed by atoms with Gasteiger partial charge in [-0.15, -0.1) is 0 Å². The molecule has 1 aliphatic rings. The molecule has 26 heavy (non-hydrogen) atoms. The highest BCUT2D eigenvalue weighted by Gasteiger charge is 2.20. The molecule has 0 heterocycles. The quantitative estimate of drug-likeness (QED) is 0.505. The normalized spacial score (nSPS) is 12.6. The Bertz CT molecular complexity index is 969. The van der Waals surface area contributed by atoms with Crippen molar-refractivity contribution >= 4 is 0 Å². The number of fused-ring (bicyclic) bond motifs is 3. The van der Waals surface area contributed by atoms with Crippen molar-refractivity contribution in [2.24, 2.45) is 0 Å². The molecule has 0 aliphatic heterocycles. The topological polar surface area (TPSA) is 0 Å². The van der Waals surface area contributed by atoms with Gasteiger partial charge in [0.25, 0.3) is 0 Å². The number of benzene rings is 3. The summed E-state index contributed by atoms with van der Waals surface area (Å²) in [5, 5.41) is 0. The average molecular weight is 352 g/mol. The molecule has 3 aromatic rings. The largest absolute Gasteiger partial charge is 0.207 e. The van der Waals surface area contributed by atoms with E-state index < -0.39 is 17.5 Å². The summed E-state index contributed by atoms with van der Waals surface area (Å²) in [6.07, 6.45) is 3.82. The molecule has 3 aromatic carbocycles. The minimum atomic E-state index is -0.703. The van der Waals surface area contributed by atoms with Crippen LogP contribution >= 0.6 is 0 Å². The number of halogens is 3. The van der Waals surface area contributed by atoms with E-state index >= 15 is 0 Å². The maximum Gasteiger partial charge on any atom is 0.131 e. The predicted octanol–water partition coefficient (Wildman–Crippen LogP) is 6.49. The fraction of sp³-hybridized carbons (Fsp3) is 0.217. The number of hydrogen-bond acceptors (Lipinski definition) is 0. The van der Waals surface area contributed by atoms with Gasteiger partial charge in [-0.05, 0) is 76.9 Å². The summed E-state index contributed by atoms with van der Waals surface area (Å²) in [7, 11) is 0. The predicted molar refractivity (Wildman–Crippen MR) is 98.6 cm³/mol. The Hall–Kier alpha value is -2.55. The minimum Gasteiger partial charge on any atom is -0.207 e. The summed E-state index contributed by atoms with van der Waals surface area (Å²) in [6.45, 7) is 2.15. The van der Waals surface area contributed by atoms with Crippen LogP contribution in [0.5, 0.6) is 0 Å². The van der Waals surface area contributed by atoms with Gasteiger partial charge in [-0.2, -0.15) is 0 Å². The van der Waals surface area contributed by atoms with Gasteiger partial charge in [0, 0.05) is 11.6 Å². The van der Waals surface area contributed by atoms with E-state index in [1.165, 1.54) is 29.3 Å². The molecule has 0 fully saturated rings. The third-order valence-corrected chi connectivity index (χ3v) is 5.03. The molecule has 0 atom stereocenters. The van der Waals surface area contributed by atoms with Crippen molar-refractivity contribution in [3.63, 3.8) is 0 Å². The van der Waals surface area contributed by atoms with Gasteiger partial charge < -0.3 is 0 Å². The van der Waals surface area contributed by atoms with E-state index in [1.54, 1.807) is 6.07 Å². The van der Waals surface area contributed by atoms with E-state index in [4.69, 9.17) is 0 Å². The van der Waals surface area contributed by atoms with Crippen molar-refractivity contribution in [3.05, 3.63) is 82.7 Å². The number of aryl methyl sites for hydroxylation is 3. The summed E-state index contributed by atoms with van der Waals surface area (Å²) in [6, 6.07) is 12.8. The molecule has 3 heteroatoms. The molecule has 0 radical (unpaired) electrons. The lowest BCUT2D eigenvalue weighted by Crippen LogP contribution is -2.06. The fourth-order valence-corrected chi connectivity index (χ4v) is 3.84. The standard InChI is InChI=1S/C23H19F3/c1-2-3-14-4-7-20-15(8-14)5-6-16-11-22(23(26)13-21(16)20)17-9-18(24)12-19(25)10-17/h4,7-13H,2-3,5-6H2,1H3. The van der Waals surface area contributed by atoms with E-state index in [2.05, 4.69) is 25.1 Å². The summed E-state index contributed by atoms with van der Waals surface area (Å²) in [5.41, 5.74) is 5.98. The van der Waals surface area contributed by atoms with Crippen LogP contribution in [0.15, 0.2) is 48.5 Å². The molecule has 0 aromatic heterocycles. The molecule has 0 spiro atoms. The van der Waals surface area contributed by atoms with Gasteiger partial charge in [-0.1, -0.05) is 31.5 Å². The molecule has 132 valence electrons. The zero-order valence-electron chi connectivity index (χ0n) is 14.6. The van der Waals surface area contributed by atoms with Crippen LogP contribution in [0.4, 0.5) is 13.2 Å².